The lowest BCUT2D eigenvalue weighted by atomic mass is 10.4. The Balaban J connectivity index is 4.38. The zero-order valence-corrected chi connectivity index (χ0v) is 15.1. The van der Waals surface area contributed by atoms with Crippen LogP contribution in [0.4, 0.5) is 0 Å². The minimum atomic E-state index is -0.938. The Labute approximate surface area is 125 Å². The molecule has 116 valence electrons. The van der Waals surface area contributed by atoms with Gasteiger partial charge in [0.25, 0.3) is 0 Å². The topological polar surface area (TPSA) is 34.2 Å². The molecule has 0 aromatic heterocycles. The molecular formula is C12H29ClN2O3Si. The Morgan fingerprint density at radius 2 is 1.47 bits per heavy atom. The molecule has 0 fully saturated rings. The van der Waals surface area contributed by atoms with Gasteiger partial charge in [-0.3, -0.25) is 0 Å². The highest BCUT2D eigenvalue weighted by Crippen LogP contribution is 2.18. The second-order valence-electron chi connectivity index (χ2n) is 5.09. The lowest BCUT2D eigenvalue weighted by Gasteiger charge is -2.33. The maximum atomic E-state index is 5.97. The molecule has 0 atom stereocenters. The minimum absolute atomic E-state index is 0.514. The number of hydrogen-bond acceptors (Lipinski definition) is 5. The van der Waals surface area contributed by atoms with Crippen LogP contribution in [-0.2, 0) is 13.9 Å². The molecule has 0 saturated heterocycles. The molecule has 5 nitrogen and oxygen atoms in total. The average molecular weight is 313 g/mol. The highest BCUT2D eigenvalue weighted by atomic mass is 35.5. The summed E-state index contributed by atoms with van der Waals surface area (Å²) in [5.74, 6) is 0.514. The van der Waals surface area contributed by atoms with Crippen molar-refractivity contribution < 1.29 is 13.9 Å². The smallest absolute Gasteiger partial charge is 0.227 e. The highest BCUT2D eigenvalue weighted by Gasteiger charge is 2.32. The first kappa shape index (κ1) is 19.3. The first-order valence-electron chi connectivity index (χ1n) is 6.58. The molecule has 0 N–H and O–H groups in total. The zero-order valence-electron chi connectivity index (χ0n) is 12.9. The summed E-state index contributed by atoms with van der Waals surface area (Å²) >= 11 is 5.89. The Morgan fingerprint density at radius 3 is 1.79 bits per heavy atom. The van der Waals surface area contributed by atoms with Gasteiger partial charge in [-0.1, -0.05) is 0 Å². The maximum Gasteiger partial charge on any atom is 0.227 e. The normalized spacial score (nSPS) is 13.3. The molecule has 0 unspecified atom stereocenters. The lowest BCUT2D eigenvalue weighted by Crippen LogP contribution is -2.46. The summed E-state index contributed by atoms with van der Waals surface area (Å²) in [6.45, 7) is 2.98. The summed E-state index contributed by atoms with van der Waals surface area (Å²) in [5.41, 5.74) is -0.595. The highest BCUT2D eigenvalue weighted by molar-refractivity contribution is 6.31. The quantitative estimate of drug-likeness (QED) is 0.291. The van der Waals surface area contributed by atoms with Crippen LogP contribution in [0.1, 0.15) is 6.42 Å². The zero-order chi connectivity index (χ0) is 14.7. The van der Waals surface area contributed by atoms with Crippen molar-refractivity contribution in [3.05, 3.63) is 0 Å². The van der Waals surface area contributed by atoms with Crippen LogP contribution >= 0.6 is 11.6 Å². The van der Waals surface area contributed by atoms with Crippen LogP contribution in [0.25, 0.3) is 0 Å². The van der Waals surface area contributed by atoms with Crippen LogP contribution in [0.3, 0.4) is 0 Å². The van der Waals surface area contributed by atoms with Gasteiger partial charge < -0.3 is 23.7 Å². The van der Waals surface area contributed by atoms with Crippen molar-refractivity contribution in [3.63, 3.8) is 0 Å². The van der Waals surface area contributed by atoms with Gasteiger partial charge in [-0.25, -0.2) is 0 Å². The third kappa shape index (κ3) is 9.78. The fourth-order valence-electron chi connectivity index (χ4n) is 1.53. The van der Waals surface area contributed by atoms with E-state index in [2.05, 4.69) is 9.80 Å². The van der Waals surface area contributed by atoms with Crippen LogP contribution in [-0.4, -0.2) is 92.5 Å². The van der Waals surface area contributed by atoms with Crippen LogP contribution < -0.4 is 0 Å². The molecule has 0 amide bonds. The second-order valence-corrected chi connectivity index (χ2v) is 7.41. The molecule has 0 bridgehead atoms. The summed E-state index contributed by atoms with van der Waals surface area (Å²) in [7, 11) is 8.85. The molecular weight excluding hydrogens is 284 g/mol. The van der Waals surface area contributed by atoms with Crippen LogP contribution in [0, 0.1) is 0 Å². The van der Waals surface area contributed by atoms with E-state index in [1.165, 1.54) is 0 Å². The third-order valence-electron chi connectivity index (χ3n) is 2.65. The van der Waals surface area contributed by atoms with Gasteiger partial charge in [-0.2, -0.15) is 0 Å². The van der Waals surface area contributed by atoms with E-state index in [4.69, 9.17) is 25.5 Å². The van der Waals surface area contributed by atoms with E-state index < -0.39 is 15.2 Å². The van der Waals surface area contributed by atoms with Gasteiger partial charge in [0.05, 0.1) is 13.2 Å². The largest absolute Gasteiger partial charge is 0.421 e. The predicted octanol–water partition coefficient (Wildman–Crippen LogP) is 0.156. The van der Waals surface area contributed by atoms with Gasteiger partial charge in [0.2, 0.25) is 9.76 Å². The number of halogens is 1. The molecule has 0 heterocycles. The van der Waals surface area contributed by atoms with Gasteiger partial charge in [-0.15, -0.1) is 11.6 Å². The molecule has 0 saturated carbocycles. The predicted molar refractivity (Wildman–Crippen MR) is 82.6 cm³/mol. The van der Waals surface area contributed by atoms with Crippen molar-refractivity contribution >= 4 is 21.4 Å². The standard InChI is InChI=1S/C12H29ClN2O3Si/c1-14(2)8-10-17-12(6-7-13,19-16-5)18-11-9-15(3)4/h6-11,19H2,1-5H3. The first-order valence-corrected chi connectivity index (χ1v) is 8.40. The van der Waals surface area contributed by atoms with Crippen molar-refractivity contribution in [1.82, 2.24) is 9.80 Å². The van der Waals surface area contributed by atoms with Crippen molar-refractivity contribution in [1.29, 1.82) is 0 Å². The maximum absolute atomic E-state index is 5.97. The Hall–Kier alpha value is 0.307. The fraction of sp³-hybridized carbons (Fsp3) is 1.00. The van der Waals surface area contributed by atoms with E-state index in [-0.39, 0.29) is 0 Å². The molecule has 7 heteroatoms. The van der Waals surface area contributed by atoms with E-state index in [9.17, 15) is 0 Å². The van der Waals surface area contributed by atoms with Gasteiger partial charge >= 0.3 is 0 Å². The minimum Gasteiger partial charge on any atom is -0.421 e. The number of ether oxygens (including phenoxy) is 2. The molecule has 0 rings (SSSR count). The Bertz CT molecular complexity index is 199. The summed E-state index contributed by atoms with van der Waals surface area (Å²) in [6, 6.07) is 0. The first-order chi connectivity index (χ1) is 8.95. The van der Waals surface area contributed by atoms with E-state index in [0.717, 1.165) is 13.1 Å². The summed E-state index contributed by atoms with van der Waals surface area (Å²) < 4.78 is 17.3. The average Bonchev–Trinajstić information content (AvgIpc) is 2.28. The lowest BCUT2D eigenvalue weighted by molar-refractivity contribution is -0.190. The third-order valence-corrected chi connectivity index (χ3v) is 4.33. The van der Waals surface area contributed by atoms with Gasteiger partial charge in [0.1, 0.15) is 0 Å². The SMILES string of the molecule is CO[SiH2]C(CCCl)(OCCN(C)C)OCCN(C)C. The second kappa shape index (κ2) is 11.0. The molecule has 0 aliphatic rings. The molecule has 0 spiro atoms. The van der Waals surface area contributed by atoms with Gasteiger partial charge in [-0.05, 0) is 28.2 Å². The summed E-state index contributed by atoms with van der Waals surface area (Å²) in [5, 5.41) is 0. The monoisotopic (exact) mass is 312 g/mol. The number of rotatable bonds is 12. The van der Waals surface area contributed by atoms with Gasteiger partial charge in [0.15, 0.2) is 5.41 Å². The van der Waals surface area contributed by atoms with Crippen molar-refractivity contribution in [2.75, 3.05) is 67.5 Å². The molecule has 0 aliphatic heterocycles. The number of nitrogens with zero attached hydrogens (tertiary/aromatic N) is 2. The molecule has 19 heavy (non-hydrogen) atoms. The van der Waals surface area contributed by atoms with Crippen molar-refractivity contribution in [3.8, 4) is 0 Å². The summed E-state index contributed by atoms with van der Waals surface area (Å²) in [6.07, 6.45) is 0.676. The Kier molecular flexibility index (Phi) is 11.2. The number of hydrogen-bond donors (Lipinski definition) is 0. The fourth-order valence-corrected chi connectivity index (χ4v) is 3.26. The van der Waals surface area contributed by atoms with Crippen LogP contribution in [0.15, 0.2) is 0 Å². The molecule has 0 aliphatic carbocycles. The van der Waals surface area contributed by atoms with E-state index in [0.29, 0.717) is 25.5 Å². The van der Waals surface area contributed by atoms with Crippen LogP contribution in [0.2, 0.25) is 0 Å². The molecule has 0 aromatic rings. The van der Waals surface area contributed by atoms with Crippen molar-refractivity contribution in [2.24, 2.45) is 0 Å². The summed E-state index contributed by atoms with van der Waals surface area (Å²) in [4.78, 5) is 4.17. The van der Waals surface area contributed by atoms with Crippen molar-refractivity contribution in [2.45, 2.75) is 11.8 Å². The van der Waals surface area contributed by atoms with E-state index in [1.807, 2.05) is 28.2 Å². The number of alkyl halides is 1. The van der Waals surface area contributed by atoms with E-state index >= 15 is 0 Å². The Morgan fingerprint density at radius 1 is 1.00 bits per heavy atom. The molecule has 0 aromatic carbocycles. The van der Waals surface area contributed by atoms with E-state index in [1.54, 1.807) is 7.11 Å². The molecule has 0 radical (unpaired) electrons. The van der Waals surface area contributed by atoms with Gasteiger partial charge in [0, 0.05) is 32.5 Å². The van der Waals surface area contributed by atoms with Crippen LogP contribution in [0.5, 0.6) is 0 Å². The number of likely N-dealkylation sites (N-methyl/N-ethyl adjacent to an activating group) is 2.